The second kappa shape index (κ2) is 11.3. The van der Waals surface area contributed by atoms with Crippen LogP contribution in [0.25, 0.3) is 0 Å². The van der Waals surface area contributed by atoms with Crippen LogP contribution >= 0.6 is 11.8 Å². The standard InChI is InChI=1S/C22H37N3O2S/c1-9-10-19-12-11-17(6)13-20(19)24-22(8,25-23-14-15(2)3)28-18(7)27-21(26)16(4)5/h11-16,18,24-25H,9-10H2,1-8H3/b23-14+. The Bertz CT molecular complexity index is 661. The van der Waals surface area contributed by atoms with E-state index in [-0.39, 0.29) is 17.3 Å². The van der Waals surface area contributed by atoms with E-state index >= 15 is 0 Å². The van der Waals surface area contributed by atoms with Crippen molar-refractivity contribution in [2.75, 3.05) is 5.32 Å². The number of carbonyl (C=O) groups is 1. The summed E-state index contributed by atoms with van der Waals surface area (Å²) in [4.78, 5) is 11.3. The number of ether oxygens (including phenoxy) is 1. The minimum Gasteiger partial charge on any atom is -0.451 e. The van der Waals surface area contributed by atoms with Crippen molar-refractivity contribution in [3.05, 3.63) is 29.3 Å². The lowest BCUT2D eigenvalue weighted by Crippen LogP contribution is -2.45. The second-order valence-corrected chi connectivity index (χ2v) is 9.70. The van der Waals surface area contributed by atoms with Crippen LogP contribution in [0.1, 0.15) is 66.0 Å². The molecule has 2 atom stereocenters. The van der Waals surface area contributed by atoms with Crippen molar-refractivity contribution in [3.8, 4) is 0 Å². The number of anilines is 1. The van der Waals surface area contributed by atoms with E-state index in [1.807, 2.05) is 33.9 Å². The third kappa shape index (κ3) is 8.55. The molecule has 0 saturated carbocycles. The Balaban J connectivity index is 3.07. The van der Waals surface area contributed by atoms with Crippen LogP contribution in [-0.4, -0.2) is 22.6 Å². The molecular weight excluding hydrogens is 370 g/mol. The lowest BCUT2D eigenvalue weighted by molar-refractivity contribution is -0.148. The Kier molecular flexibility index (Phi) is 9.87. The average Bonchev–Trinajstić information content (AvgIpc) is 2.56. The number of esters is 1. The summed E-state index contributed by atoms with van der Waals surface area (Å²) >= 11 is 1.49. The van der Waals surface area contributed by atoms with E-state index in [1.54, 1.807) is 0 Å². The quantitative estimate of drug-likeness (QED) is 0.218. The predicted octanol–water partition coefficient (Wildman–Crippen LogP) is 5.54. The van der Waals surface area contributed by atoms with Crippen molar-refractivity contribution in [2.45, 2.75) is 78.7 Å². The van der Waals surface area contributed by atoms with Gasteiger partial charge < -0.3 is 10.1 Å². The van der Waals surface area contributed by atoms with Crippen LogP contribution in [0.15, 0.2) is 23.3 Å². The van der Waals surface area contributed by atoms with Gasteiger partial charge in [0.25, 0.3) is 0 Å². The average molecular weight is 408 g/mol. The van der Waals surface area contributed by atoms with E-state index in [1.165, 1.54) is 22.9 Å². The highest BCUT2D eigenvalue weighted by Gasteiger charge is 2.30. The summed E-state index contributed by atoms with van der Waals surface area (Å²) in [6.07, 6.45) is 3.94. The van der Waals surface area contributed by atoms with Gasteiger partial charge in [-0.25, -0.2) is 0 Å². The fourth-order valence-corrected chi connectivity index (χ4v) is 3.68. The van der Waals surface area contributed by atoms with Crippen molar-refractivity contribution in [3.63, 3.8) is 0 Å². The number of nitrogens with zero attached hydrogens (tertiary/aromatic N) is 1. The van der Waals surface area contributed by atoms with Crippen LogP contribution < -0.4 is 10.7 Å². The molecule has 0 radical (unpaired) electrons. The van der Waals surface area contributed by atoms with Crippen molar-refractivity contribution in [2.24, 2.45) is 16.9 Å². The molecule has 0 aliphatic rings. The number of thioether (sulfide) groups is 1. The zero-order valence-electron chi connectivity index (χ0n) is 18.6. The summed E-state index contributed by atoms with van der Waals surface area (Å²) in [6, 6.07) is 6.46. The van der Waals surface area contributed by atoms with Gasteiger partial charge in [-0.15, -0.1) is 0 Å². The maximum absolute atomic E-state index is 12.0. The zero-order valence-corrected chi connectivity index (χ0v) is 19.4. The van der Waals surface area contributed by atoms with Crippen LogP contribution in [0.3, 0.4) is 0 Å². The molecule has 1 aromatic carbocycles. The Morgan fingerprint density at radius 2 is 1.96 bits per heavy atom. The lowest BCUT2D eigenvalue weighted by Gasteiger charge is -2.34. The monoisotopic (exact) mass is 407 g/mol. The number of aryl methyl sites for hydroxylation is 2. The minimum absolute atomic E-state index is 0.151. The van der Waals surface area contributed by atoms with Gasteiger partial charge in [-0.3, -0.25) is 10.2 Å². The molecule has 0 amide bonds. The van der Waals surface area contributed by atoms with Gasteiger partial charge in [-0.2, -0.15) is 5.10 Å². The Hall–Kier alpha value is -1.69. The fourth-order valence-electron chi connectivity index (χ4n) is 2.60. The largest absolute Gasteiger partial charge is 0.451 e. The molecule has 28 heavy (non-hydrogen) atoms. The molecular formula is C22H37N3O2S. The molecule has 0 fully saturated rings. The van der Waals surface area contributed by atoms with Crippen molar-refractivity contribution < 1.29 is 9.53 Å². The summed E-state index contributed by atoms with van der Waals surface area (Å²) in [6.45, 7) is 16.0. The molecule has 0 spiro atoms. The number of carbonyl (C=O) groups excluding carboxylic acids is 1. The molecule has 6 heteroatoms. The molecule has 0 saturated heterocycles. The molecule has 0 aliphatic carbocycles. The predicted molar refractivity (Wildman–Crippen MR) is 122 cm³/mol. The van der Waals surface area contributed by atoms with Gasteiger partial charge in [0.1, 0.15) is 5.44 Å². The van der Waals surface area contributed by atoms with Gasteiger partial charge >= 0.3 is 5.97 Å². The van der Waals surface area contributed by atoms with E-state index in [0.29, 0.717) is 5.92 Å². The highest BCUT2D eigenvalue weighted by atomic mass is 32.2. The molecule has 158 valence electrons. The van der Waals surface area contributed by atoms with Crippen molar-refractivity contribution in [1.29, 1.82) is 0 Å². The zero-order chi connectivity index (χ0) is 21.3. The Morgan fingerprint density at radius 1 is 1.29 bits per heavy atom. The summed E-state index contributed by atoms with van der Waals surface area (Å²) in [5, 5.41) is 8.01. The van der Waals surface area contributed by atoms with Crippen LogP contribution in [0, 0.1) is 18.8 Å². The third-order valence-electron chi connectivity index (χ3n) is 3.96. The number of hydrazone groups is 1. The summed E-state index contributed by atoms with van der Waals surface area (Å²) in [7, 11) is 0. The molecule has 0 heterocycles. The maximum atomic E-state index is 12.0. The first-order valence-corrected chi connectivity index (χ1v) is 11.0. The molecule has 2 N–H and O–H groups in total. The SMILES string of the molecule is CCCc1ccc(C)cc1NC(C)(N/N=C/C(C)C)SC(C)OC(=O)C(C)C. The van der Waals surface area contributed by atoms with E-state index < -0.39 is 4.99 Å². The molecule has 0 bridgehead atoms. The molecule has 1 rings (SSSR count). The maximum Gasteiger partial charge on any atom is 0.309 e. The first-order chi connectivity index (χ1) is 13.1. The number of hydrogen-bond donors (Lipinski definition) is 2. The molecule has 5 nitrogen and oxygen atoms in total. The van der Waals surface area contributed by atoms with Crippen LogP contribution in [0.2, 0.25) is 0 Å². The second-order valence-electron chi connectivity index (χ2n) is 7.98. The first-order valence-electron chi connectivity index (χ1n) is 10.1. The van der Waals surface area contributed by atoms with Crippen molar-refractivity contribution >= 4 is 29.6 Å². The van der Waals surface area contributed by atoms with Gasteiger partial charge in [-0.1, -0.05) is 64.9 Å². The third-order valence-corrected chi connectivity index (χ3v) is 5.06. The van der Waals surface area contributed by atoms with Crippen LogP contribution in [-0.2, 0) is 16.0 Å². The minimum atomic E-state index is -0.641. The summed E-state index contributed by atoms with van der Waals surface area (Å²) in [5.41, 5.74) is 6.44. The molecule has 0 aliphatic heterocycles. The van der Waals surface area contributed by atoms with Crippen molar-refractivity contribution in [1.82, 2.24) is 5.43 Å². The van der Waals surface area contributed by atoms with E-state index in [2.05, 4.69) is 61.7 Å². The fraction of sp³-hybridized carbons (Fsp3) is 0.636. The smallest absolute Gasteiger partial charge is 0.309 e. The molecule has 2 unspecified atom stereocenters. The molecule has 1 aromatic rings. The van der Waals surface area contributed by atoms with Gasteiger partial charge in [0, 0.05) is 11.9 Å². The van der Waals surface area contributed by atoms with Crippen LogP contribution in [0.5, 0.6) is 0 Å². The van der Waals surface area contributed by atoms with Gasteiger partial charge in [0.2, 0.25) is 0 Å². The van der Waals surface area contributed by atoms with Gasteiger partial charge in [0.15, 0.2) is 4.99 Å². The van der Waals surface area contributed by atoms with E-state index in [4.69, 9.17) is 4.74 Å². The molecule has 0 aromatic heterocycles. The van der Waals surface area contributed by atoms with Gasteiger partial charge in [0.05, 0.1) is 5.92 Å². The highest BCUT2D eigenvalue weighted by Crippen LogP contribution is 2.32. The normalized spacial score (nSPS) is 14.9. The highest BCUT2D eigenvalue weighted by molar-refractivity contribution is 8.01. The lowest BCUT2D eigenvalue weighted by atomic mass is 10.1. The number of nitrogens with one attached hydrogen (secondary N) is 2. The topological polar surface area (TPSA) is 62.7 Å². The summed E-state index contributed by atoms with van der Waals surface area (Å²) < 4.78 is 5.57. The Labute approximate surface area is 175 Å². The van der Waals surface area contributed by atoms with Gasteiger partial charge in [-0.05, 0) is 50.3 Å². The van der Waals surface area contributed by atoms with Crippen LogP contribution in [0.4, 0.5) is 5.69 Å². The van der Waals surface area contributed by atoms with E-state index in [9.17, 15) is 4.79 Å². The van der Waals surface area contributed by atoms with E-state index in [0.717, 1.165) is 18.5 Å². The summed E-state index contributed by atoms with van der Waals surface area (Å²) in [5.74, 6) is -0.00932. The number of hydrogen-bond acceptors (Lipinski definition) is 6. The first kappa shape index (κ1) is 24.3. The Morgan fingerprint density at radius 3 is 2.54 bits per heavy atom. The number of benzene rings is 1. The number of rotatable bonds is 11.